The highest BCUT2D eigenvalue weighted by atomic mass is 16.5. The number of rotatable bonds is 5. The van der Waals surface area contributed by atoms with Crippen molar-refractivity contribution in [2.45, 2.75) is 0 Å². The van der Waals surface area contributed by atoms with Crippen molar-refractivity contribution in [3.63, 3.8) is 0 Å². The number of benzene rings is 2. The van der Waals surface area contributed by atoms with E-state index in [1.54, 1.807) is 29.9 Å². The second-order valence-corrected chi connectivity index (χ2v) is 5.56. The predicted molar refractivity (Wildman–Crippen MR) is 100 cm³/mol. The predicted octanol–water partition coefficient (Wildman–Crippen LogP) is 2.63. The van der Waals surface area contributed by atoms with Crippen molar-refractivity contribution in [1.29, 1.82) is 0 Å². The molecule has 0 atom stereocenters. The second kappa shape index (κ2) is 8.50. The van der Waals surface area contributed by atoms with Crippen LogP contribution in [-0.4, -0.2) is 28.2 Å². The lowest BCUT2D eigenvalue weighted by Crippen LogP contribution is -2.19. The Bertz CT molecular complexity index is 970. The van der Waals surface area contributed by atoms with Gasteiger partial charge in [0.05, 0.1) is 6.21 Å². The summed E-state index contributed by atoms with van der Waals surface area (Å²) >= 11 is 0. The van der Waals surface area contributed by atoms with Gasteiger partial charge in [0.2, 0.25) is 0 Å². The topological polar surface area (TPSA) is 104 Å². The lowest BCUT2D eigenvalue weighted by atomic mass is 10.1. The average Bonchev–Trinajstić information content (AvgIpc) is 2.74. The van der Waals surface area contributed by atoms with Gasteiger partial charge in [0, 0.05) is 11.8 Å². The highest BCUT2D eigenvalue weighted by molar-refractivity contribution is 5.95. The molecule has 134 valence electrons. The first-order valence-electron chi connectivity index (χ1n) is 8.07. The van der Waals surface area contributed by atoms with Crippen LogP contribution in [0.3, 0.4) is 0 Å². The maximum atomic E-state index is 12.2. The molecule has 27 heavy (non-hydrogen) atoms. The Kier molecular flexibility index (Phi) is 5.66. The van der Waals surface area contributed by atoms with E-state index >= 15 is 0 Å². The van der Waals surface area contributed by atoms with E-state index in [0.29, 0.717) is 11.1 Å². The van der Waals surface area contributed by atoms with E-state index in [1.807, 2.05) is 36.4 Å². The van der Waals surface area contributed by atoms with Gasteiger partial charge >= 0.3 is 0 Å². The van der Waals surface area contributed by atoms with Crippen molar-refractivity contribution in [1.82, 2.24) is 15.9 Å². The van der Waals surface area contributed by atoms with E-state index in [0.717, 1.165) is 11.1 Å². The van der Waals surface area contributed by atoms with Crippen molar-refractivity contribution in [3.05, 3.63) is 89.7 Å². The Morgan fingerprint density at radius 3 is 2.37 bits per heavy atom. The first-order chi connectivity index (χ1) is 13.2. The minimum Gasteiger partial charge on any atom is -0.288 e. The lowest BCUT2D eigenvalue weighted by molar-refractivity contribution is 0.0706. The van der Waals surface area contributed by atoms with E-state index in [4.69, 9.17) is 5.21 Å². The number of amides is 2. The van der Waals surface area contributed by atoms with Gasteiger partial charge in [-0.2, -0.15) is 5.10 Å². The van der Waals surface area contributed by atoms with Crippen molar-refractivity contribution in [2.24, 2.45) is 5.10 Å². The zero-order valence-electron chi connectivity index (χ0n) is 14.2. The average molecular weight is 360 g/mol. The molecule has 0 saturated carbocycles. The molecule has 2 amide bonds. The summed E-state index contributed by atoms with van der Waals surface area (Å²) in [7, 11) is 0. The molecule has 1 aromatic heterocycles. The van der Waals surface area contributed by atoms with Gasteiger partial charge in [-0.25, -0.2) is 10.9 Å². The van der Waals surface area contributed by atoms with Gasteiger partial charge in [-0.05, 0) is 41.0 Å². The highest BCUT2D eigenvalue weighted by Gasteiger charge is 2.08. The molecule has 1 heterocycles. The Labute approximate surface area is 155 Å². The number of carbonyl (C=O) groups is 2. The maximum Gasteiger partial charge on any atom is 0.289 e. The maximum absolute atomic E-state index is 12.2. The van der Waals surface area contributed by atoms with Crippen molar-refractivity contribution in [3.8, 4) is 11.1 Å². The lowest BCUT2D eigenvalue weighted by Gasteiger charge is -2.04. The molecule has 3 rings (SSSR count). The number of nitrogens with zero attached hydrogens (tertiary/aromatic N) is 2. The number of pyridine rings is 1. The van der Waals surface area contributed by atoms with Crippen LogP contribution in [0, 0.1) is 0 Å². The third kappa shape index (κ3) is 4.62. The highest BCUT2D eigenvalue weighted by Crippen LogP contribution is 2.18. The third-order valence-corrected chi connectivity index (χ3v) is 3.75. The Balaban J connectivity index is 1.66. The summed E-state index contributed by atoms with van der Waals surface area (Å²) in [5.41, 5.74) is 7.09. The number of hydrogen-bond acceptors (Lipinski definition) is 5. The summed E-state index contributed by atoms with van der Waals surface area (Å²) in [5, 5.41) is 12.5. The normalized spacial score (nSPS) is 10.6. The Morgan fingerprint density at radius 2 is 1.67 bits per heavy atom. The standard InChI is InChI=1S/C20H16N4O3/c25-19(24-27)16-8-6-14(7-9-16)13-22-23-20(26)18-12-17(10-11-21-18)15-4-2-1-3-5-15/h1-13,27H,(H,23,26)(H,24,25). The number of carbonyl (C=O) groups excluding carboxylic acids is 2. The van der Waals surface area contributed by atoms with E-state index in [2.05, 4.69) is 15.5 Å². The number of nitrogens with one attached hydrogen (secondary N) is 2. The molecule has 0 bridgehead atoms. The van der Waals surface area contributed by atoms with Crippen LogP contribution in [0.5, 0.6) is 0 Å². The van der Waals surface area contributed by atoms with Crippen LogP contribution >= 0.6 is 0 Å². The number of aromatic nitrogens is 1. The molecular formula is C20H16N4O3. The molecule has 0 fully saturated rings. The SMILES string of the molecule is O=C(NO)c1ccc(C=NNC(=O)c2cc(-c3ccccc3)ccn2)cc1. The molecule has 2 aromatic carbocycles. The minimum absolute atomic E-state index is 0.253. The van der Waals surface area contributed by atoms with E-state index in [-0.39, 0.29) is 5.69 Å². The molecule has 0 aliphatic carbocycles. The first-order valence-corrected chi connectivity index (χ1v) is 8.07. The zero-order valence-corrected chi connectivity index (χ0v) is 14.2. The summed E-state index contributed by atoms with van der Waals surface area (Å²) < 4.78 is 0. The summed E-state index contributed by atoms with van der Waals surface area (Å²) in [5.74, 6) is -1.03. The number of hydrazone groups is 1. The van der Waals surface area contributed by atoms with E-state index in [1.165, 1.54) is 18.3 Å². The monoisotopic (exact) mass is 360 g/mol. The van der Waals surface area contributed by atoms with Crippen molar-refractivity contribution >= 4 is 18.0 Å². The molecule has 7 nitrogen and oxygen atoms in total. The smallest absolute Gasteiger partial charge is 0.288 e. The molecule has 0 aliphatic rings. The van der Waals surface area contributed by atoms with Gasteiger partial charge in [0.1, 0.15) is 5.69 Å². The molecule has 0 radical (unpaired) electrons. The van der Waals surface area contributed by atoms with Gasteiger partial charge < -0.3 is 0 Å². The first kappa shape index (κ1) is 18.0. The minimum atomic E-state index is -0.601. The third-order valence-electron chi connectivity index (χ3n) is 3.75. The van der Waals surface area contributed by atoms with Crippen LogP contribution in [0.4, 0.5) is 0 Å². The fourth-order valence-corrected chi connectivity index (χ4v) is 2.37. The molecule has 0 saturated heterocycles. The van der Waals surface area contributed by atoms with Gasteiger partial charge in [-0.1, -0.05) is 42.5 Å². The molecule has 3 N–H and O–H groups in total. The van der Waals surface area contributed by atoms with Gasteiger partial charge in [0.15, 0.2) is 0 Å². The van der Waals surface area contributed by atoms with Crippen molar-refractivity contribution < 1.29 is 14.8 Å². The van der Waals surface area contributed by atoms with Gasteiger partial charge in [0.25, 0.3) is 11.8 Å². The Hall–Kier alpha value is -3.84. The molecule has 7 heteroatoms. The number of hydrogen-bond donors (Lipinski definition) is 3. The summed E-state index contributed by atoms with van der Waals surface area (Å²) in [6.45, 7) is 0. The van der Waals surface area contributed by atoms with Crippen LogP contribution in [-0.2, 0) is 0 Å². The summed E-state index contributed by atoms with van der Waals surface area (Å²) in [4.78, 5) is 27.6. The Morgan fingerprint density at radius 1 is 0.926 bits per heavy atom. The molecule has 0 unspecified atom stereocenters. The quantitative estimate of drug-likeness (QED) is 0.370. The molecular weight excluding hydrogens is 344 g/mol. The van der Waals surface area contributed by atoms with Crippen LogP contribution < -0.4 is 10.9 Å². The van der Waals surface area contributed by atoms with E-state index in [9.17, 15) is 9.59 Å². The van der Waals surface area contributed by atoms with Crippen LogP contribution in [0.25, 0.3) is 11.1 Å². The van der Waals surface area contributed by atoms with Crippen LogP contribution in [0.2, 0.25) is 0 Å². The molecule has 0 aliphatic heterocycles. The number of hydroxylamine groups is 1. The summed E-state index contributed by atoms with van der Waals surface area (Å²) in [6, 6.07) is 19.5. The molecule has 3 aromatic rings. The van der Waals surface area contributed by atoms with Crippen LogP contribution in [0.1, 0.15) is 26.4 Å². The van der Waals surface area contributed by atoms with Gasteiger partial charge in [-0.15, -0.1) is 0 Å². The van der Waals surface area contributed by atoms with Crippen LogP contribution in [0.15, 0.2) is 78.0 Å². The largest absolute Gasteiger partial charge is 0.289 e. The zero-order chi connectivity index (χ0) is 19.1. The molecule has 0 spiro atoms. The fourth-order valence-electron chi connectivity index (χ4n) is 2.37. The summed E-state index contributed by atoms with van der Waals surface area (Å²) in [6.07, 6.45) is 3.02. The fraction of sp³-hybridized carbons (Fsp3) is 0. The van der Waals surface area contributed by atoms with E-state index < -0.39 is 11.8 Å². The van der Waals surface area contributed by atoms with Crippen molar-refractivity contribution in [2.75, 3.05) is 0 Å². The van der Waals surface area contributed by atoms with Gasteiger partial charge in [-0.3, -0.25) is 19.8 Å². The second-order valence-electron chi connectivity index (χ2n) is 5.56.